The lowest BCUT2D eigenvalue weighted by Crippen LogP contribution is -2.22. The quantitative estimate of drug-likeness (QED) is 0.606. The average Bonchev–Trinajstić information content (AvgIpc) is 2.22. The molecule has 96 valence electrons. The summed E-state index contributed by atoms with van der Waals surface area (Å²) in [7, 11) is 0. The summed E-state index contributed by atoms with van der Waals surface area (Å²) in [6, 6.07) is 4.67. The number of halogens is 2. The van der Waals surface area contributed by atoms with Gasteiger partial charge in [0.1, 0.15) is 18.2 Å². The third-order valence-electron chi connectivity index (χ3n) is 1.97. The Hall–Kier alpha value is -0.610. The molecule has 0 atom stereocenters. The molecule has 0 amide bonds. The van der Waals surface area contributed by atoms with Gasteiger partial charge < -0.3 is 9.47 Å². The molecule has 0 N–H and O–H groups in total. The fourth-order valence-corrected chi connectivity index (χ4v) is 1.61. The topological polar surface area (TPSA) is 18.5 Å². The van der Waals surface area contributed by atoms with E-state index in [1.165, 1.54) is 12.1 Å². The third kappa shape index (κ3) is 6.03. The number of ether oxygens (including phenoxy) is 2. The Balaban J connectivity index is 2.44. The second kappa shape index (κ2) is 6.36. The lowest BCUT2D eigenvalue weighted by atomic mass is 10.2. The SMILES string of the molecule is CC(C)(C)OCCOc1cc(F)cc(CBr)c1. The maximum atomic E-state index is 13.2. The number of hydrogen-bond acceptors (Lipinski definition) is 2. The monoisotopic (exact) mass is 304 g/mol. The molecule has 0 bridgehead atoms. The maximum absolute atomic E-state index is 13.2. The highest BCUT2D eigenvalue weighted by Gasteiger charge is 2.09. The molecule has 0 saturated carbocycles. The van der Waals surface area contributed by atoms with Gasteiger partial charge >= 0.3 is 0 Å². The molecule has 0 aliphatic heterocycles. The molecular formula is C13H18BrFO2. The molecule has 1 aromatic carbocycles. The number of rotatable bonds is 5. The van der Waals surface area contributed by atoms with Crippen molar-refractivity contribution < 1.29 is 13.9 Å². The van der Waals surface area contributed by atoms with Crippen molar-refractivity contribution in [3.63, 3.8) is 0 Å². The Morgan fingerprint density at radius 2 is 1.88 bits per heavy atom. The molecule has 0 aliphatic carbocycles. The van der Waals surface area contributed by atoms with E-state index in [0.29, 0.717) is 24.3 Å². The van der Waals surface area contributed by atoms with E-state index >= 15 is 0 Å². The predicted octanol–water partition coefficient (Wildman–Crippen LogP) is 3.91. The van der Waals surface area contributed by atoms with Gasteiger partial charge in [0.2, 0.25) is 0 Å². The Kier molecular flexibility index (Phi) is 5.40. The van der Waals surface area contributed by atoms with Gasteiger partial charge in [-0.2, -0.15) is 0 Å². The summed E-state index contributed by atoms with van der Waals surface area (Å²) in [4.78, 5) is 0. The van der Waals surface area contributed by atoms with Gasteiger partial charge in [0.15, 0.2) is 0 Å². The smallest absolute Gasteiger partial charge is 0.127 e. The van der Waals surface area contributed by atoms with Crippen LogP contribution in [0.4, 0.5) is 4.39 Å². The van der Waals surface area contributed by atoms with Gasteiger partial charge in [0, 0.05) is 11.4 Å². The van der Waals surface area contributed by atoms with Crippen molar-refractivity contribution in [3.8, 4) is 5.75 Å². The van der Waals surface area contributed by atoms with E-state index < -0.39 is 0 Å². The molecule has 0 unspecified atom stereocenters. The number of hydrogen-bond donors (Lipinski definition) is 0. The first kappa shape index (κ1) is 14.5. The fourth-order valence-electron chi connectivity index (χ4n) is 1.29. The van der Waals surface area contributed by atoms with Crippen molar-refractivity contribution in [2.24, 2.45) is 0 Å². The molecule has 0 aliphatic rings. The van der Waals surface area contributed by atoms with Crippen LogP contribution in [0.5, 0.6) is 5.75 Å². The number of benzene rings is 1. The first-order chi connectivity index (χ1) is 7.90. The zero-order valence-corrected chi connectivity index (χ0v) is 12.0. The van der Waals surface area contributed by atoms with Crippen LogP contribution in [0.15, 0.2) is 18.2 Å². The molecule has 2 nitrogen and oxygen atoms in total. The van der Waals surface area contributed by atoms with Crippen LogP contribution in [-0.2, 0) is 10.1 Å². The minimum absolute atomic E-state index is 0.174. The van der Waals surface area contributed by atoms with Gasteiger partial charge in [-0.1, -0.05) is 15.9 Å². The summed E-state index contributed by atoms with van der Waals surface area (Å²) >= 11 is 3.29. The van der Waals surface area contributed by atoms with E-state index in [1.807, 2.05) is 26.8 Å². The van der Waals surface area contributed by atoms with Crippen LogP contribution in [0.3, 0.4) is 0 Å². The Morgan fingerprint density at radius 3 is 2.47 bits per heavy atom. The van der Waals surface area contributed by atoms with Crippen LogP contribution >= 0.6 is 15.9 Å². The molecule has 0 fully saturated rings. The minimum atomic E-state index is -0.284. The molecular weight excluding hydrogens is 287 g/mol. The van der Waals surface area contributed by atoms with E-state index in [2.05, 4.69) is 15.9 Å². The van der Waals surface area contributed by atoms with Crippen LogP contribution in [0, 0.1) is 5.82 Å². The van der Waals surface area contributed by atoms with Crippen LogP contribution in [0.2, 0.25) is 0 Å². The van der Waals surface area contributed by atoms with E-state index in [9.17, 15) is 4.39 Å². The molecule has 0 spiro atoms. The predicted molar refractivity (Wildman–Crippen MR) is 70.2 cm³/mol. The zero-order chi connectivity index (χ0) is 12.9. The molecule has 0 radical (unpaired) electrons. The van der Waals surface area contributed by atoms with Crippen molar-refractivity contribution in [1.82, 2.24) is 0 Å². The molecule has 0 heterocycles. The molecule has 17 heavy (non-hydrogen) atoms. The highest BCUT2D eigenvalue weighted by atomic mass is 79.9. The second-order valence-electron chi connectivity index (χ2n) is 4.74. The van der Waals surface area contributed by atoms with Crippen molar-refractivity contribution >= 4 is 15.9 Å². The van der Waals surface area contributed by atoms with Gasteiger partial charge in [-0.05, 0) is 38.5 Å². The molecule has 0 aromatic heterocycles. The lowest BCUT2D eigenvalue weighted by Gasteiger charge is -2.19. The van der Waals surface area contributed by atoms with E-state index in [4.69, 9.17) is 9.47 Å². The Bertz CT molecular complexity index is 361. The molecule has 1 aromatic rings. The van der Waals surface area contributed by atoms with Crippen LogP contribution in [-0.4, -0.2) is 18.8 Å². The Morgan fingerprint density at radius 1 is 1.18 bits per heavy atom. The van der Waals surface area contributed by atoms with Gasteiger partial charge in [0.25, 0.3) is 0 Å². The molecule has 4 heteroatoms. The first-order valence-corrected chi connectivity index (χ1v) is 6.65. The van der Waals surface area contributed by atoms with E-state index in [-0.39, 0.29) is 11.4 Å². The minimum Gasteiger partial charge on any atom is -0.491 e. The summed E-state index contributed by atoms with van der Waals surface area (Å²) in [6.45, 7) is 6.86. The number of alkyl halides is 1. The maximum Gasteiger partial charge on any atom is 0.127 e. The fraction of sp³-hybridized carbons (Fsp3) is 0.538. The summed E-state index contributed by atoms with van der Waals surface area (Å²) in [5.74, 6) is 0.255. The third-order valence-corrected chi connectivity index (χ3v) is 2.62. The van der Waals surface area contributed by atoms with Gasteiger partial charge in [-0.3, -0.25) is 0 Å². The normalized spacial score (nSPS) is 11.6. The molecule has 1 rings (SSSR count). The second-order valence-corrected chi connectivity index (χ2v) is 5.30. The van der Waals surface area contributed by atoms with Crippen LogP contribution in [0.25, 0.3) is 0 Å². The Labute approximate surface area is 110 Å². The van der Waals surface area contributed by atoms with E-state index in [0.717, 1.165) is 5.56 Å². The summed E-state index contributed by atoms with van der Waals surface area (Å²) in [5, 5.41) is 0.611. The van der Waals surface area contributed by atoms with Crippen molar-refractivity contribution in [2.75, 3.05) is 13.2 Å². The van der Waals surface area contributed by atoms with Crippen LogP contribution in [0.1, 0.15) is 26.3 Å². The van der Waals surface area contributed by atoms with Gasteiger partial charge in [-0.25, -0.2) is 4.39 Å². The summed E-state index contributed by atoms with van der Waals surface area (Å²) in [5.41, 5.74) is 0.684. The van der Waals surface area contributed by atoms with Crippen molar-refractivity contribution in [1.29, 1.82) is 0 Å². The molecule has 0 saturated heterocycles. The van der Waals surface area contributed by atoms with Crippen LogP contribution < -0.4 is 4.74 Å². The van der Waals surface area contributed by atoms with Gasteiger partial charge in [0.05, 0.1) is 12.2 Å². The van der Waals surface area contributed by atoms with Crippen molar-refractivity contribution in [2.45, 2.75) is 31.7 Å². The van der Waals surface area contributed by atoms with E-state index in [1.54, 1.807) is 0 Å². The first-order valence-electron chi connectivity index (χ1n) is 5.53. The lowest BCUT2D eigenvalue weighted by molar-refractivity contribution is -0.0163. The standard InChI is InChI=1S/C13H18BrFO2/c1-13(2,3)17-5-4-16-12-7-10(9-14)6-11(15)8-12/h6-8H,4-5,9H2,1-3H3. The summed E-state index contributed by atoms with van der Waals surface area (Å²) in [6.07, 6.45) is 0. The van der Waals surface area contributed by atoms with Gasteiger partial charge in [-0.15, -0.1) is 0 Å². The largest absolute Gasteiger partial charge is 0.491 e. The average molecular weight is 305 g/mol. The highest BCUT2D eigenvalue weighted by molar-refractivity contribution is 9.08. The van der Waals surface area contributed by atoms with Crippen molar-refractivity contribution in [3.05, 3.63) is 29.6 Å². The highest BCUT2D eigenvalue weighted by Crippen LogP contribution is 2.18. The zero-order valence-electron chi connectivity index (χ0n) is 10.4. The summed E-state index contributed by atoms with van der Waals surface area (Å²) < 4.78 is 24.1.